The van der Waals surface area contributed by atoms with Crippen molar-refractivity contribution in [1.29, 1.82) is 0 Å². The van der Waals surface area contributed by atoms with Crippen molar-refractivity contribution in [3.63, 3.8) is 0 Å². The standard InChI is InChI=1S/C60H94F3N9O20/c61-60(62,63)54-46-53(69-70-59(76)58(75)65-9-3-13-71-14-18-79-19-15-71)6-7-55(54)68-56(73)49-72-12-2-5-52(48-72)57(74)66-10-16-77-20-22-80-24-26-82-28-30-84-32-34-86-36-38-88-40-42-90-44-45-91-43-41-89-39-37-87-35-33-85-31-29-83-27-25-81-23-21-78-17-11-67-92-50-51-4-1-8-64-47-51/h1-2,4-8,12,46-48,67H,3,9-11,13-45,49-50H2,(H4-,65,66,68,69,70,73,74,75,76)/p+1. The van der Waals surface area contributed by atoms with E-state index in [-0.39, 0.29) is 37.6 Å². The highest BCUT2D eigenvalue weighted by Crippen LogP contribution is 2.36. The van der Waals surface area contributed by atoms with Crippen LogP contribution in [-0.4, -0.2) is 271 Å². The molecule has 4 rings (SSSR count). The van der Waals surface area contributed by atoms with Gasteiger partial charge in [-0.15, -0.1) is 0 Å². The Morgan fingerprint density at radius 2 is 1.03 bits per heavy atom. The summed E-state index contributed by atoms with van der Waals surface area (Å²) in [5, 5.41) is 7.44. The van der Waals surface area contributed by atoms with Gasteiger partial charge in [0.25, 0.3) is 11.8 Å². The van der Waals surface area contributed by atoms with Crippen molar-refractivity contribution in [3.05, 3.63) is 83.9 Å². The van der Waals surface area contributed by atoms with Crippen LogP contribution in [0, 0.1) is 0 Å². The first-order valence-electron chi connectivity index (χ1n) is 30.8. The molecule has 1 aliphatic heterocycles. The van der Waals surface area contributed by atoms with Crippen molar-refractivity contribution in [2.24, 2.45) is 0 Å². The topological polar surface area (TPSA) is 308 Å². The summed E-state index contributed by atoms with van der Waals surface area (Å²) in [5.74, 6) is -3.31. The zero-order chi connectivity index (χ0) is 65.5. The van der Waals surface area contributed by atoms with Gasteiger partial charge in [-0.2, -0.15) is 23.2 Å². The molecule has 0 aliphatic carbocycles. The lowest BCUT2D eigenvalue weighted by atomic mass is 10.1. The predicted molar refractivity (Wildman–Crippen MR) is 324 cm³/mol. The second-order valence-electron chi connectivity index (χ2n) is 19.6. The number of pyridine rings is 2. The summed E-state index contributed by atoms with van der Waals surface area (Å²) in [6.07, 6.45) is 2.05. The number of hydrogen-bond acceptors (Lipinski definition) is 24. The van der Waals surface area contributed by atoms with Crippen molar-refractivity contribution in [3.8, 4) is 0 Å². The summed E-state index contributed by atoms with van der Waals surface area (Å²) in [7, 11) is 0. The van der Waals surface area contributed by atoms with Crippen LogP contribution < -0.4 is 36.8 Å². The molecule has 1 aliphatic rings. The number of amides is 4. The molecule has 0 spiro atoms. The van der Waals surface area contributed by atoms with Gasteiger partial charge < -0.3 is 87.0 Å². The fourth-order valence-corrected chi connectivity index (χ4v) is 7.77. The molecule has 4 amide bonds. The zero-order valence-electron chi connectivity index (χ0n) is 52.6. The van der Waals surface area contributed by atoms with E-state index >= 15 is 0 Å². The predicted octanol–water partition coefficient (Wildman–Crippen LogP) is 0.992. The van der Waals surface area contributed by atoms with Gasteiger partial charge in [0.15, 0.2) is 12.4 Å². The van der Waals surface area contributed by atoms with E-state index in [1.165, 1.54) is 35.2 Å². The maximum atomic E-state index is 14.1. The van der Waals surface area contributed by atoms with E-state index in [2.05, 4.69) is 42.2 Å². The summed E-state index contributed by atoms with van der Waals surface area (Å²) < 4.78 is 126. The first kappa shape index (κ1) is 78.7. The number of rotatable bonds is 58. The fraction of sp³-hybridized carbons (Fsp3) is 0.667. The van der Waals surface area contributed by atoms with E-state index in [0.717, 1.165) is 24.7 Å². The Morgan fingerprint density at radius 3 is 1.50 bits per heavy atom. The molecule has 0 bridgehead atoms. The van der Waals surface area contributed by atoms with Gasteiger partial charge in [-0.1, -0.05) is 6.07 Å². The molecule has 0 unspecified atom stereocenters. The molecule has 0 atom stereocenters. The number of carbonyl (C=O) groups is 4. The van der Waals surface area contributed by atoms with E-state index < -0.39 is 47.6 Å². The summed E-state index contributed by atoms with van der Waals surface area (Å²) in [6, 6.07) is 9.74. The lowest BCUT2D eigenvalue weighted by Crippen LogP contribution is -2.43. The second-order valence-corrected chi connectivity index (χ2v) is 19.6. The molecule has 3 aromatic rings. The minimum atomic E-state index is -4.89. The number of alkyl halides is 3. The first-order valence-corrected chi connectivity index (χ1v) is 30.8. The van der Waals surface area contributed by atoms with Crippen LogP contribution in [-0.2, 0) is 110 Å². The summed E-state index contributed by atoms with van der Waals surface area (Å²) in [6.45, 7) is 16.6. The van der Waals surface area contributed by atoms with Crippen LogP contribution in [0.5, 0.6) is 0 Å². The highest BCUT2D eigenvalue weighted by molar-refractivity contribution is 6.35. The molecule has 29 nitrogen and oxygen atoms in total. The maximum Gasteiger partial charge on any atom is 0.418 e. The second kappa shape index (κ2) is 53.6. The number of hydrazine groups is 1. The number of ether oxygens (including phenoxy) is 15. The van der Waals surface area contributed by atoms with Gasteiger partial charge >= 0.3 is 18.0 Å². The van der Waals surface area contributed by atoms with Crippen molar-refractivity contribution in [1.82, 2.24) is 31.4 Å². The number of halogens is 3. The van der Waals surface area contributed by atoms with Crippen LogP contribution >= 0.6 is 0 Å². The number of morpholine rings is 1. The van der Waals surface area contributed by atoms with Crippen molar-refractivity contribution in [2.45, 2.75) is 25.7 Å². The first-order chi connectivity index (χ1) is 45.1. The molecule has 2 aromatic heterocycles. The Balaban J connectivity index is 0.818. The molecular formula is C60H95F3N9O20+. The van der Waals surface area contributed by atoms with Gasteiger partial charge in [0.1, 0.15) is 5.56 Å². The van der Waals surface area contributed by atoms with Gasteiger partial charge in [0.05, 0.1) is 222 Å². The smallest absolute Gasteiger partial charge is 0.379 e. The fourth-order valence-electron chi connectivity index (χ4n) is 7.77. The lowest BCUT2D eigenvalue weighted by molar-refractivity contribution is -0.684. The highest BCUT2D eigenvalue weighted by atomic mass is 19.4. The normalized spacial score (nSPS) is 12.7. The van der Waals surface area contributed by atoms with Crippen LogP contribution in [0.25, 0.3) is 0 Å². The van der Waals surface area contributed by atoms with Crippen molar-refractivity contribution in [2.75, 3.05) is 248 Å². The third-order valence-electron chi connectivity index (χ3n) is 12.4. The number of nitrogens with zero attached hydrogens (tertiary/aromatic N) is 3. The van der Waals surface area contributed by atoms with E-state index in [1.807, 2.05) is 12.1 Å². The molecule has 1 fully saturated rings. The minimum Gasteiger partial charge on any atom is -0.379 e. The molecule has 6 N–H and O–H groups in total. The number of benzene rings is 1. The molecule has 0 radical (unpaired) electrons. The molecular weight excluding hydrogens is 1220 g/mol. The van der Waals surface area contributed by atoms with Crippen molar-refractivity contribution >= 4 is 35.0 Å². The van der Waals surface area contributed by atoms with E-state index in [9.17, 15) is 32.3 Å². The average Bonchev–Trinajstić information content (AvgIpc) is 0.850. The Bertz CT molecular complexity index is 2360. The van der Waals surface area contributed by atoms with Gasteiger partial charge in [0.2, 0.25) is 6.54 Å². The van der Waals surface area contributed by atoms with Gasteiger partial charge in [-0.3, -0.25) is 44.8 Å². The summed E-state index contributed by atoms with van der Waals surface area (Å²) >= 11 is 0. The maximum absolute atomic E-state index is 14.1. The Morgan fingerprint density at radius 1 is 0.554 bits per heavy atom. The molecule has 1 saturated heterocycles. The van der Waals surface area contributed by atoms with E-state index in [0.29, 0.717) is 217 Å². The van der Waals surface area contributed by atoms with Crippen LogP contribution in [0.3, 0.4) is 0 Å². The Kier molecular flexibility index (Phi) is 45.9. The third-order valence-corrected chi connectivity index (χ3v) is 12.4. The largest absolute Gasteiger partial charge is 0.418 e. The summed E-state index contributed by atoms with van der Waals surface area (Å²) in [4.78, 5) is 61.7. The quantitative estimate of drug-likeness (QED) is 0.0199. The highest BCUT2D eigenvalue weighted by Gasteiger charge is 2.35. The van der Waals surface area contributed by atoms with E-state index in [1.54, 1.807) is 12.4 Å². The third kappa shape index (κ3) is 41.8. The molecule has 92 heavy (non-hydrogen) atoms. The Labute approximate surface area is 535 Å². The SMILES string of the molecule is O=C(C[n+]1cccc(C(=O)NCCOCCOCCOCCOCCOCCOCCOCCOCCOCCOCCOCCOCCOCCOCCNOCc2cccnc2)c1)Nc1ccc(NNC(=O)C(=O)NCCCN2CCOCC2)cc1C(F)(F)F. The van der Waals surface area contributed by atoms with Crippen LogP contribution in [0.4, 0.5) is 24.5 Å². The number of carbonyl (C=O) groups excluding carboxylic acids is 4. The van der Waals surface area contributed by atoms with Crippen LogP contribution in [0.15, 0.2) is 67.3 Å². The molecule has 1 aromatic carbocycles. The number of hydroxylamine groups is 1. The minimum absolute atomic E-state index is 0.180. The van der Waals surface area contributed by atoms with Crippen LogP contribution in [0.1, 0.15) is 27.9 Å². The monoisotopic (exact) mass is 1320 g/mol. The average molecular weight is 1320 g/mol. The molecule has 3 heterocycles. The van der Waals surface area contributed by atoms with Gasteiger partial charge in [-0.05, 0) is 48.9 Å². The zero-order valence-corrected chi connectivity index (χ0v) is 52.6. The number of hydrogen-bond donors (Lipinski definition) is 6. The number of anilines is 2. The molecule has 32 heteroatoms. The number of aromatic nitrogens is 2. The van der Waals surface area contributed by atoms with Crippen LogP contribution in [0.2, 0.25) is 0 Å². The van der Waals surface area contributed by atoms with Gasteiger partial charge in [0, 0.05) is 51.2 Å². The molecule has 0 saturated carbocycles. The summed E-state index contributed by atoms with van der Waals surface area (Å²) in [5.41, 5.74) is 6.51. The molecule has 520 valence electrons. The van der Waals surface area contributed by atoms with Gasteiger partial charge in [-0.25, -0.2) is 0 Å². The lowest BCUT2D eigenvalue weighted by Gasteiger charge is -2.26. The van der Waals surface area contributed by atoms with E-state index in [4.69, 9.17) is 75.9 Å². The Hall–Kier alpha value is -5.73. The number of nitrogens with one attached hydrogen (secondary N) is 6. The van der Waals surface area contributed by atoms with Crippen molar-refractivity contribution < 1.29 is 113 Å².